The van der Waals surface area contributed by atoms with Crippen LogP contribution in [-0.4, -0.2) is 19.9 Å². The molecule has 0 amide bonds. The van der Waals surface area contributed by atoms with Crippen molar-refractivity contribution in [2.75, 3.05) is 11.3 Å². The molecular weight excluding hydrogens is 320 g/mol. The lowest BCUT2D eigenvalue weighted by Crippen LogP contribution is -2.14. The lowest BCUT2D eigenvalue weighted by molar-refractivity contribution is -0.385. The molecule has 122 valence electrons. The zero-order valence-corrected chi connectivity index (χ0v) is 13.5. The summed E-state index contributed by atoms with van der Waals surface area (Å²) >= 11 is 0. The normalized spacial score (nSPS) is 11.0. The highest BCUT2D eigenvalue weighted by Gasteiger charge is 2.19. The van der Waals surface area contributed by atoms with Crippen molar-refractivity contribution in [1.29, 1.82) is 0 Å². The average molecular weight is 336 g/mol. The molecule has 0 saturated heterocycles. The predicted molar refractivity (Wildman–Crippen MR) is 86.3 cm³/mol. The predicted octanol–water partition coefficient (Wildman–Crippen LogP) is 3.10. The van der Waals surface area contributed by atoms with Gasteiger partial charge in [-0.05, 0) is 44.2 Å². The maximum absolute atomic E-state index is 12.4. The average Bonchev–Trinajstić information content (AvgIpc) is 2.50. The maximum Gasteiger partial charge on any atom is 0.274 e. The van der Waals surface area contributed by atoms with Gasteiger partial charge < -0.3 is 4.74 Å². The Balaban J connectivity index is 2.31. The molecule has 0 aliphatic carbocycles. The van der Waals surface area contributed by atoms with Gasteiger partial charge in [0.1, 0.15) is 5.75 Å². The van der Waals surface area contributed by atoms with Gasteiger partial charge in [-0.25, -0.2) is 8.42 Å². The summed E-state index contributed by atoms with van der Waals surface area (Å²) in [7, 11) is -3.84. The Morgan fingerprint density at radius 2 is 1.83 bits per heavy atom. The van der Waals surface area contributed by atoms with E-state index in [4.69, 9.17) is 4.74 Å². The van der Waals surface area contributed by atoms with Gasteiger partial charge in [-0.1, -0.05) is 6.07 Å². The number of anilines is 1. The van der Waals surface area contributed by atoms with Crippen LogP contribution < -0.4 is 9.46 Å². The van der Waals surface area contributed by atoms with Crippen molar-refractivity contribution in [3.05, 3.63) is 58.1 Å². The molecule has 0 aromatic heterocycles. The number of nitrogens with one attached hydrogen (secondary N) is 1. The van der Waals surface area contributed by atoms with Gasteiger partial charge in [0.2, 0.25) is 0 Å². The van der Waals surface area contributed by atoms with E-state index in [-0.39, 0.29) is 21.8 Å². The Labute approximate surface area is 134 Å². The zero-order chi connectivity index (χ0) is 17.0. The molecule has 0 spiro atoms. The minimum atomic E-state index is -3.84. The van der Waals surface area contributed by atoms with E-state index in [1.165, 1.54) is 37.3 Å². The van der Waals surface area contributed by atoms with Gasteiger partial charge in [-0.3, -0.25) is 14.8 Å². The van der Waals surface area contributed by atoms with Crippen molar-refractivity contribution >= 4 is 21.4 Å². The Hall–Kier alpha value is -2.61. The lowest BCUT2D eigenvalue weighted by atomic mass is 10.2. The number of hydrogen-bond acceptors (Lipinski definition) is 5. The van der Waals surface area contributed by atoms with Crippen LogP contribution in [0.15, 0.2) is 47.4 Å². The van der Waals surface area contributed by atoms with Crippen molar-refractivity contribution < 1.29 is 18.1 Å². The van der Waals surface area contributed by atoms with E-state index < -0.39 is 14.9 Å². The van der Waals surface area contributed by atoms with Crippen molar-refractivity contribution in [1.82, 2.24) is 0 Å². The van der Waals surface area contributed by atoms with Gasteiger partial charge in [0, 0.05) is 6.07 Å². The molecule has 2 aromatic carbocycles. The van der Waals surface area contributed by atoms with E-state index in [0.29, 0.717) is 12.4 Å². The van der Waals surface area contributed by atoms with Crippen LogP contribution in [0.1, 0.15) is 12.5 Å². The molecule has 2 aromatic rings. The lowest BCUT2D eigenvalue weighted by Gasteiger charge is -2.11. The summed E-state index contributed by atoms with van der Waals surface area (Å²) in [4.78, 5) is 10.4. The fourth-order valence-electron chi connectivity index (χ4n) is 2.02. The number of sulfonamides is 1. The van der Waals surface area contributed by atoms with Gasteiger partial charge in [0.25, 0.3) is 15.7 Å². The number of hydrogen-bond donors (Lipinski definition) is 1. The fourth-order valence-corrected chi connectivity index (χ4v) is 3.14. The van der Waals surface area contributed by atoms with Crippen LogP contribution in [0.25, 0.3) is 0 Å². The SMILES string of the molecule is CCOc1ccc(S(=O)(=O)Nc2cccc([N+](=O)[O-])c2C)cc1. The van der Waals surface area contributed by atoms with Crippen molar-refractivity contribution in [2.45, 2.75) is 18.7 Å². The first kappa shape index (κ1) is 16.8. The molecule has 0 saturated carbocycles. The minimum absolute atomic E-state index is 0.0480. The monoisotopic (exact) mass is 336 g/mol. The Morgan fingerprint density at radius 3 is 2.39 bits per heavy atom. The summed E-state index contributed by atoms with van der Waals surface area (Å²) < 4.78 is 32.4. The molecule has 0 radical (unpaired) electrons. The standard InChI is InChI=1S/C15H16N2O5S/c1-3-22-12-7-9-13(10-8-12)23(20,21)16-14-5-4-6-15(11(14)2)17(18)19/h4-10,16H,3H2,1-2H3. The Kier molecular flexibility index (Phi) is 4.85. The van der Waals surface area contributed by atoms with Crippen LogP contribution in [-0.2, 0) is 10.0 Å². The summed E-state index contributed by atoms with van der Waals surface area (Å²) in [5, 5.41) is 10.9. The van der Waals surface area contributed by atoms with Gasteiger partial charge in [0.05, 0.1) is 27.7 Å². The zero-order valence-electron chi connectivity index (χ0n) is 12.6. The third-order valence-corrected chi connectivity index (χ3v) is 4.57. The first-order valence-corrected chi connectivity index (χ1v) is 8.33. The third-order valence-electron chi connectivity index (χ3n) is 3.19. The minimum Gasteiger partial charge on any atom is -0.494 e. The van der Waals surface area contributed by atoms with Crippen molar-refractivity contribution in [3.63, 3.8) is 0 Å². The first-order valence-electron chi connectivity index (χ1n) is 6.85. The summed E-state index contributed by atoms with van der Waals surface area (Å²) in [6.45, 7) is 3.81. The number of ether oxygens (including phenoxy) is 1. The van der Waals surface area contributed by atoms with E-state index in [2.05, 4.69) is 4.72 Å². The largest absolute Gasteiger partial charge is 0.494 e. The van der Waals surface area contributed by atoms with E-state index in [1.807, 2.05) is 6.92 Å². The van der Waals surface area contributed by atoms with E-state index >= 15 is 0 Å². The number of nitro benzene ring substituents is 1. The van der Waals surface area contributed by atoms with E-state index in [1.54, 1.807) is 12.1 Å². The van der Waals surface area contributed by atoms with Gasteiger partial charge in [0.15, 0.2) is 0 Å². The molecular formula is C15H16N2O5S. The second kappa shape index (κ2) is 6.66. The Morgan fingerprint density at radius 1 is 1.17 bits per heavy atom. The molecule has 0 fully saturated rings. The molecule has 0 bridgehead atoms. The summed E-state index contributed by atoms with van der Waals surface area (Å²) in [6, 6.07) is 10.2. The van der Waals surface area contributed by atoms with Gasteiger partial charge in [-0.2, -0.15) is 0 Å². The van der Waals surface area contributed by atoms with Crippen molar-refractivity contribution in [3.8, 4) is 5.75 Å². The smallest absolute Gasteiger partial charge is 0.274 e. The molecule has 2 rings (SSSR count). The Bertz CT molecular complexity index is 816. The number of benzene rings is 2. The summed E-state index contributed by atoms with van der Waals surface area (Å²) in [5.74, 6) is 0.568. The molecule has 0 aliphatic heterocycles. The van der Waals surface area contributed by atoms with Crippen LogP contribution in [0, 0.1) is 17.0 Å². The molecule has 1 N–H and O–H groups in total. The number of nitro groups is 1. The molecule has 0 atom stereocenters. The van der Waals surface area contributed by atoms with Crippen molar-refractivity contribution in [2.24, 2.45) is 0 Å². The highest BCUT2D eigenvalue weighted by Crippen LogP contribution is 2.27. The van der Waals surface area contributed by atoms with Crippen LogP contribution in [0.4, 0.5) is 11.4 Å². The van der Waals surface area contributed by atoms with Crippen LogP contribution in [0.5, 0.6) is 5.75 Å². The van der Waals surface area contributed by atoms with Gasteiger partial charge >= 0.3 is 0 Å². The quantitative estimate of drug-likeness (QED) is 0.645. The first-order chi connectivity index (χ1) is 10.8. The van der Waals surface area contributed by atoms with Gasteiger partial charge in [-0.15, -0.1) is 0 Å². The topological polar surface area (TPSA) is 98.5 Å². The third kappa shape index (κ3) is 3.78. The number of rotatable bonds is 6. The molecule has 7 nitrogen and oxygen atoms in total. The van der Waals surface area contributed by atoms with Crippen LogP contribution >= 0.6 is 0 Å². The van der Waals surface area contributed by atoms with Crippen LogP contribution in [0.3, 0.4) is 0 Å². The second-order valence-electron chi connectivity index (χ2n) is 4.72. The number of nitrogens with zero attached hydrogens (tertiary/aromatic N) is 1. The fraction of sp³-hybridized carbons (Fsp3) is 0.200. The molecule has 0 heterocycles. The molecule has 23 heavy (non-hydrogen) atoms. The van der Waals surface area contributed by atoms with E-state index in [0.717, 1.165) is 0 Å². The summed E-state index contributed by atoms with van der Waals surface area (Å²) in [6.07, 6.45) is 0. The second-order valence-corrected chi connectivity index (χ2v) is 6.40. The van der Waals surface area contributed by atoms with E-state index in [9.17, 15) is 18.5 Å². The maximum atomic E-state index is 12.4. The highest BCUT2D eigenvalue weighted by molar-refractivity contribution is 7.92. The molecule has 0 unspecified atom stereocenters. The van der Waals surface area contributed by atoms with Crippen LogP contribution in [0.2, 0.25) is 0 Å². The summed E-state index contributed by atoms with van der Waals surface area (Å²) in [5.41, 5.74) is 0.289. The highest BCUT2D eigenvalue weighted by atomic mass is 32.2. The molecule has 8 heteroatoms. The molecule has 0 aliphatic rings.